The number of carbonyl (C=O) groups excluding carboxylic acids is 1. The van der Waals surface area contributed by atoms with Crippen LogP contribution in [0.1, 0.15) is 26.2 Å². The molecule has 15 heavy (non-hydrogen) atoms. The first-order chi connectivity index (χ1) is 7.06. The second kappa shape index (κ2) is 5.85. The summed E-state index contributed by atoms with van der Waals surface area (Å²) in [6.07, 6.45) is 3.32. The molecule has 0 aromatic carbocycles. The molecule has 0 aliphatic carbocycles. The molecule has 0 spiro atoms. The van der Waals surface area contributed by atoms with Crippen LogP contribution < -0.4 is 0 Å². The number of carbonyl (C=O) groups is 1. The Balaban J connectivity index is 2.40. The number of alkyl halides is 1. The van der Waals surface area contributed by atoms with Crippen LogP contribution in [-0.4, -0.2) is 53.8 Å². The Kier molecular flexibility index (Phi) is 5.06. The van der Waals surface area contributed by atoms with E-state index in [1.54, 1.807) is 0 Å². The number of likely N-dealkylation sites (N-methyl/N-ethyl adjacent to an activating group) is 2. The minimum Gasteiger partial charge on any atom is -0.343 e. The first-order valence-corrected chi connectivity index (χ1v) is 6.57. The summed E-state index contributed by atoms with van der Waals surface area (Å²) in [7, 11) is 4.04. The van der Waals surface area contributed by atoms with Crippen LogP contribution in [0.15, 0.2) is 0 Å². The zero-order valence-corrected chi connectivity index (χ0v) is 11.5. The molecule has 2 unspecified atom stereocenters. The molecule has 0 aromatic heterocycles. The first-order valence-electron chi connectivity index (χ1n) is 5.65. The van der Waals surface area contributed by atoms with E-state index in [-0.39, 0.29) is 10.7 Å². The van der Waals surface area contributed by atoms with Gasteiger partial charge in [0.15, 0.2) is 0 Å². The molecule has 0 bridgehead atoms. The van der Waals surface area contributed by atoms with Crippen molar-refractivity contribution < 1.29 is 4.79 Å². The number of halogens is 1. The highest BCUT2D eigenvalue weighted by Gasteiger charge is 2.25. The number of hydrogen-bond donors (Lipinski definition) is 0. The van der Waals surface area contributed by atoms with Gasteiger partial charge in [0.05, 0.1) is 4.83 Å². The van der Waals surface area contributed by atoms with Gasteiger partial charge in [0.2, 0.25) is 5.91 Å². The molecule has 1 saturated heterocycles. The van der Waals surface area contributed by atoms with Gasteiger partial charge in [-0.05, 0) is 32.9 Å². The molecule has 1 heterocycles. The van der Waals surface area contributed by atoms with Crippen LogP contribution in [0.5, 0.6) is 0 Å². The van der Waals surface area contributed by atoms with Crippen molar-refractivity contribution in [3.8, 4) is 0 Å². The van der Waals surface area contributed by atoms with Gasteiger partial charge >= 0.3 is 0 Å². The lowest BCUT2D eigenvalue weighted by molar-refractivity contribution is -0.129. The van der Waals surface area contributed by atoms with Crippen molar-refractivity contribution in [2.45, 2.75) is 37.1 Å². The van der Waals surface area contributed by atoms with Crippen molar-refractivity contribution in [3.05, 3.63) is 0 Å². The van der Waals surface area contributed by atoms with E-state index < -0.39 is 0 Å². The van der Waals surface area contributed by atoms with Crippen LogP contribution in [0.2, 0.25) is 0 Å². The molecule has 4 heteroatoms. The van der Waals surface area contributed by atoms with E-state index in [0.29, 0.717) is 6.04 Å². The number of rotatable bonds is 4. The fourth-order valence-electron chi connectivity index (χ4n) is 2.03. The van der Waals surface area contributed by atoms with Crippen molar-refractivity contribution in [3.63, 3.8) is 0 Å². The third-order valence-corrected chi connectivity index (χ3v) is 4.20. The van der Waals surface area contributed by atoms with Crippen LogP contribution in [0, 0.1) is 0 Å². The summed E-state index contributed by atoms with van der Waals surface area (Å²) in [6.45, 7) is 4.04. The second-order valence-electron chi connectivity index (χ2n) is 4.37. The molecule has 1 amide bonds. The highest BCUT2D eigenvalue weighted by molar-refractivity contribution is 9.10. The van der Waals surface area contributed by atoms with Gasteiger partial charge in [-0.25, -0.2) is 0 Å². The molecule has 3 nitrogen and oxygen atoms in total. The van der Waals surface area contributed by atoms with E-state index >= 15 is 0 Å². The van der Waals surface area contributed by atoms with E-state index in [1.807, 2.05) is 18.9 Å². The zero-order valence-electron chi connectivity index (χ0n) is 9.87. The van der Waals surface area contributed by atoms with E-state index in [4.69, 9.17) is 0 Å². The lowest BCUT2D eigenvalue weighted by Crippen LogP contribution is -2.42. The predicted molar refractivity (Wildman–Crippen MR) is 66.3 cm³/mol. The third-order valence-electron chi connectivity index (χ3n) is 3.16. The van der Waals surface area contributed by atoms with Crippen molar-refractivity contribution >= 4 is 21.8 Å². The largest absolute Gasteiger partial charge is 0.343 e. The van der Waals surface area contributed by atoms with E-state index in [9.17, 15) is 4.79 Å². The Morgan fingerprint density at radius 1 is 1.67 bits per heavy atom. The van der Waals surface area contributed by atoms with Crippen LogP contribution in [0.25, 0.3) is 0 Å². The Hall–Kier alpha value is -0.0900. The molecule has 0 radical (unpaired) electrons. The van der Waals surface area contributed by atoms with Gasteiger partial charge in [-0.1, -0.05) is 22.9 Å². The Labute approximate surface area is 101 Å². The normalized spacial score (nSPS) is 24.1. The topological polar surface area (TPSA) is 23.6 Å². The standard InChI is InChI=1S/C11H21BrN2O/c1-4-10(12)11(15)14(3)8-9-6-5-7-13(9)2/h9-10H,4-8H2,1-3H3. The monoisotopic (exact) mass is 276 g/mol. The molecule has 0 aromatic rings. The Bertz CT molecular complexity index is 223. The van der Waals surface area contributed by atoms with E-state index in [1.165, 1.54) is 12.8 Å². The highest BCUT2D eigenvalue weighted by atomic mass is 79.9. The minimum atomic E-state index is -0.0193. The maximum Gasteiger partial charge on any atom is 0.236 e. The molecular weight excluding hydrogens is 256 g/mol. The molecule has 1 fully saturated rings. The second-order valence-corrected chi connectivity index (χ2v) is 5.48. The third kappa shape index (κ3) is 3.45. The summed E-state index contributed by atoms with van der Waals surface area (Å²) in [6, 6.07) is 0.551. The average molecular weight is 277 g/mol. The van der Waals surface area contributed by atoms with Gasteiger partial charge in [-0.2, -0.15) is 0 Å². The Morgan fingerprint density at radius 2 is 2.33 bits per heavy atom. The smallest absolute Gasteiger partial charge is 0.236 e. The maximum atomic E-state index is 11.8. The summed E-state index contributed by atoms with van der Waals surface area (Å²) < 4.78 is 0. The van der Waals surface area contributed by atoms with Crippen molar-refractivity contribution in [2.75, 3.05) is 27.2 Å². The van der Waals surface area contributed by atoms with Gasteiger partial charge in [-0.15, -0.1) is 0 Å². The number of likely N-dealkylation sites (tertiary alicyclic amines) is 1. The van der Waals surface area contributed by atoms with Gasteiger partial charge in [-0.3, -0.25) is 4.79 Å². The maximum absolute atomic E-state index is 11.8. The quantitative estimate of drug-likeness (QED) is 0.730. The summed E-state index contributed by atoms with van der Waals surface area (Å²) in [4.78, 5) is 16.0. The predicted octanol–water partition coefficient (Wildman–Crippen LogP) is 1.71. The van der Waals surface area contributed by atoms with Crippen molar-refractivity contribution in [1.82, 2.24) is 9.80 Å². The SMILES string of the molecule is CCC(Br)C(=O)N(C)CC1CCCN1C. The number of hydrogen-bond acceptors (Lipinski definition) is 2. The molecular formula is C11H21BrN2O. The minimum absolute atomic E-state index is 0.0193. The van der Waals surface area contributed by atoms with Gasteiger partial charge in [0.25, 0.3) is 0 Å². The van der Waals surface area contributed by atoms with Crippen LogP contribution in [-0.2, 0) is 4.79 Å². The summed E-state index contributed by atoms with van der Waals surface area (Å²) in [5.74, 6) is 0.206. The molecule has 1 aliphatic heterocycles. The molecule has 0 saturated carbocycles. The van der Waals surface area contributed by atoms with Crippen LogP contribution >= 0.6 is 15.9 Å². The van der Waals surface area contributed by atoms with Crippen LogP contribution in [0.4, 0.5) is 0 Å². The van der Waals surface area contributed by atoms with Gasteiger partial charge < -0.3 is 9.80 Å². The summed E-state index contributed by atoms with van der Waals surface area (Å²) in [5.41, 5.74) is 0. The molecule has 2 atom stereocenters. The fraction of sp³-hybridized carbons (Fsp3) is 0.909. The number of amides is 1. The van der Waals surface area contributed by atoms with Crippen molar-refractivity contribution in [1.29, 1.82) is 0 Å². The first kappa shape index (κ1) is 13.0. The zero-order chi connectivity index (χ0) is 11.4. The van der Waals surface area contributed by atoms with Gasteiger partial charge in [0, 0.05) is 19.6 Å². The molecule has 0 N–H and O–H groups in total. The molecule has 1 rings (SSSR count). The van der Waals surface area contributed by atoms with E-state index in [2.05, 4.69) is 27.9 Å². The van der Waals surface area contributed by atoms with E-state index in [0.717, 1.165) is 19.5 Å². The molecule has 88 valence electrons. The number of nitrogens with zero attached hydrogens (tertiary/aromatic N) is 2. The van der Waals surface area contributed by atoms with Crippen LogP contribution in [0.3, 0.4) is 0 Å². The Morgan fingerprint density at radius 3 is 2.80 bits per heavy atom. The lowest BCUT2D eigenvalue weighted by atomic mass is 10.2. The fourth-order valence-corrected chi connectivity index (χ4v) is 2.38. The van der Waals surface area contributed by atoms with Crippen molar-refractivity contribution in [2.24, 2.45) is 0 Å². The average Bonchev–Trinajstić information content (AvgIpc) is 2.62. The summed E-state index contributed by atoms with van der Waals surface area (Å²) >= 11 is 3.40. The molecule has 1 aliphatic rings. The summed E-state index contributed by atoms with van der Waals surface area (Å²) in [5, 5.41) is 0. The highest BCUT2D eigenvalue weighted by Crippen LogP contribution is 2.16. The van der Waals surface area contributed by atoms with Gasteiger partial charge in [0.1, 0.15) is 0 Å². The lowest BCUT2D eigenvalue weighted by Gasteiger charge is -2.27.